The number of aromatic hydroxyl groups is 1. The van der Waals surface area contributed by atoms with Crippen LogP contribution < -0.4 is 4.74 Å². The third-order valence-corrected chi connectivity index (χ3v) is 4.68. The predicted molar refractivity (Wildman–Crippen MR) is 95.3 cm³/mol. The quantitative estimate of drug-likeness (QED) is 0.716. The average Bonchev–Trinajstić information content (AvgIpc) is 2.67. The zero-order valence-electron chi connectivity index (χ0n) is 23.6. The summed E-state index contributed by atoms with van der Waals surface area (Å²) in [4.78, 5) is 0. The van der Waals surface area contributed by atoms with Crippen molar-refractivity contribution in [2.75, 3.05) is 0 Å². The second-order valence-corrected chi connectivity index (χ2v) is 6.52. The van der Waals surface area contributed by atoms with Gasteiger partial charge in [-0.1, -0.05) is 31.4 Å². The molecule has 0 fully saturated rings. The smallest absolute Gasteiger partial charge is 0.127 e. The van der Waals surface area contributed by atoms with Gasteiger partial charge < -0.3 is 9.84 Å². The lowest BCUT2D eigenvalue weighted by atomic mass is 9.68. The molecule has 1 N–H and O–H groups in total. The van der Waals surface area contributed by atoms with E-state index in [1.807, 2.05) is 13.8 Å². The molecule has 0 aromatic heterocycles. The summed E-state index contributed by atoms with van der Waals surface area (Å²) in [7, 11) is 0. The fourth-order valence-electron chi connectivity index (χ4n) is 3.42. The lowest BCUT2D eigenvalue weighted by Gasteiger charge is -2.46. The molecule has 1 aliphatic carbocycles. The molecule has 2 nitrogen and oxygen atoms in total. The number of fused-ring (bicyclic) bond motifs is 3. The Balaban J connectivity index is 2.41. The lowest BCUT2D eigenvalue weighted by molar-refractivity contribution is 0.0107. The van der Waals surface area contributed by atoms with Crippen LogP contribution in [0.4, 0.5) is 0 Å². The van der Waals surface area contributed by atoms with E-state index in [2.05, 4.69) is 0 Å². The van der Waals surface area contributed by atoms with Crippen molar-refractivity contribution < 1.29 is 23.6 Å². The molecule has 3 rings (SSSR count). The van der Waals surface area contributed by atoms with Crippen molar-refractivity contribution in [2.24, 2.45) is 5.92 Å². The van der Waals surface area contributed by atoms with Crippen LogP contribution in [0.15, 0.2) is 23.7 Å². The van der Waals surface area contributed by atoms with Crippen molar-refractivity contribution in [1.29, 1.82) is 0 Å². The number of phenolic OH excluding ortho intramolecular Hbond substituents is 1. The van der Waals surface area contributed by atoms with E-state index in [0.29, 0.717) is 19.3 Å². The summed E-state index contributed by atoms with van der Waals surface area (Å²) in [5, 5.41) is 11.0. The Morgan fingerprint density at radius 2 is 2.26 bits per heavy atom. The first-order chi connectivity index (χ1) is 15.0. The van der Waals surface area contributed by atoms with Crippen LogP contribution in [0.2, 0.25) is 0 Å². The maximum atomic E-state index is 11.0. The third-order valence-electron chi connectivity index (χ3n) is 4.68. The van der Waals surface area contributed by atoms with Gasteiger partial charge in [-0.15, -0.1) is 0 Å². The minimum Gasteiger partial charge on any atom is -0.507 e. The zero-order chi connectivity index (χ0) is 25.1. The summed E-state index contributed by atoms with van der Waals surface area (Å²) in [5.41, 5.74) is -2.21. The van der Waals surface area contributed by atoms with Gasteiger partial charge in [0.05, 0.1) is 2.74 Å². The highest BCUT2D eigenvalue weighted by atomic mass is 16.5. The highest BCUT2D eigenvalue weighted by Crippen LogP contribution is 2.53. The van der Waals surface area contributed by atoms with Gasteiger partial charge in [0.15, 0.2) is 0 Å². The summed E-state index contributed by atoms with van der Waals surface area (Å²) in [6, 6.07) is -1.13. The standard InChI is InChI=1S/C21H30O2/c1-5-6-7-8-15-12-18(22)20-16-11-14(2)9-10-17(16)21(3,4)23-19(20)13-15/h11-13,16-17,22H,5-10H2,1-4H3/t16-,17-/m1/s1/i3D3,4D3,8D2,12D,13D. The normalized spacial score (nSPS) is 33.2. The van der Waals surface area contributed by atoms with Crippen LogP contribution in [0.3, 0.4) is 0 Å². The molecule has 1 aromatic rings. The van der Waals surface area contributed by atoms with Gasteiger partial charge in [0.1, 0.15) is 17.1 Å². The topological polar surface area (TPSA) is 29.5 Å². The number of phenols is 1. The predicted octanol–water partition coefficient (Wildman–Crippen LogP) is 5.74. The van der Waals surface area contributed by atoms with Gasteiger partial charge >= 0.3 is 0 Å². The first-order valence-electron chi connectivity index (χ1n) is 13.2. The van der Waals surface area contributed by atoms with E-state index in [1.165, 1.54) is 0 Å². The Morgan fingerprint density at radius 1 is 1.43 bits per heavy atom. The molecular weight excluding hydrogens is 284 g/mol. The van der Waals surface area contributed by atoms with Gasteiger partial charge in [-0.2, -0.15) is 0 Å². The van der Waals surface area contributed by atoms with Crippen LogP contribution in [0.5, 0.6) is 11.5 Å². The molecule has 1 aromatic carbocycles. The molecule has 0 amide bonds. The van der Waals surface area contributed by atoms with Gasteiger partial charge in [-0.05, 0) is 63.9 Å². The van der Waals surface area contributed by atoms with Crippen LogP contribution >= 0.6 is 0 Å². The van der Waals surface area contributed by atoms with Gasteiger partial charge in [-0.3, -0.25) is 0 Å². The molecule has 0 spiro atoms. The Morgan fingerprint density at radius 3 is 3.00 bits per heavy atom. The molecule has 23 heavy (non-hydrogen) atoms. The van der Waals surface area contributed by atoms with Gasteiger partial charge in [0.2, 0.25) is 0 Å². The highest BCUT2D eigenvalue weighted by Gasteiger charge is 2.45. The summed E-state index contributed by atoms with van der Waals surface area (Å²) < 4.78 is 88.9. The molecule has 0 unspecified atom stereocenters. The van der Waals surface area contributed by atoms with Gasteiger partial charge in [0.25, 0.3) is 0 Å². The average molecular weight is 325 g/mol. The molecular formula is C21H30O2. The number of hydrogen-bond donors (Lipinski definition) is 1. The van der Waals surface area contributed by atoms with Crippen LogP contribution in [0.1, 0.15) is 90.4 Å². The third kappa shape index (κ3) is 3.13. The molecule has 2 atom stereocenters. The summed E-state index contributed by atoms with van der Waals surface area (Å²) >= 11 is 0. The number of hydrogen-bond acceptors (Lipinski definition) is 2. The van der Waals surface area contributed by atoms with Crippen molar-refractivity contribution in [1.82, 2.24) is 0 Å². The molecule has 1 aliphatic heterocycles. The Hall–Kier alpha value is -1.44. The van der Waals surface area contributed by atoms with E-state index in [9.17, 15) is 5.11 Å². The number of unbranched alkanes of at least 4 members (excludes halogenated alkanes) is 1. The molecule has 0 saturated carbocycles. The van der Waals surface area contributed by atoms with Gasteiger partial charge in [-0.25, -0.2) is 0 Å². The van der Waals surface area contributed by atoms with E-state index in [1.54, 1.807) is 6.08 Å². The number of benzene rings is 1. The summed E-state index contributed by atoms with van der Waals surface area (Å²) in [6.07, 6.45) is 1.27. The summed E-state index contributed by atoms with van der Waals surface area (Å²) in [6.45, 7) is -2.51. The Kier molecular flexibility index (Phi) is 2.19. The molecule has 126 valence electrons. The minimum atomic E-state index is -3.10. The van der Waals surface area contributed by atoms with E-state index in [-0.39, 0.29) is 18.4 Å². The van der Waals surface area contributed by atoms with Crippen LogP contribution in [0.25, 0.3) is 0 Å². The highest BCUT2D eigenvalue weighted by molar-refractivity contribution is 5.53. The van der Waals surface area contributed by atoms with Crippen LogP contribution in [-0.4, -0.2) is 10.7 Å². The van der Waals surface area contributed by atoms with E-state index in [0.717, 1.165) is 5.57 Å². The molecule has 2 aliphatic rings. The second kappa shape index (κ2) is 6.22. The van der Waals surface area contributed by atoms with E-state index < -0.39 is 66.7 Å². The second-order valence-electron chi connectivity index (χ2n) is 6.52. The van der Waals surface area contributed by atoms with E-state index in [4.69, 9.17) is 18.4 Å². The number of ether oxygens (including phenoxy) is 1. The van der Waals surface area contributed by atoms with Crippen molar-refractivity contribution >= 4 is 0 Å². The maximum Gasteiger partial charge on any atom is 0.127 e. The SMILES string of the molecule is [2H]c1c(O)c2c(c([2H])c1C([2H])([2H])CCCC)OC(C([2H])([2H])[2H])(C([2H])([2H])[2H])[C@@H]1CCC(C)=C[C@@H]21. The molecule has 1 heterocycles. The molecule has 0 bridgehead atoms. The van der Waals surface area contributed by atoms with Crippen molar-refractivity contribution in [2.45, 2.75) is 77.5 Å². The molecule has 0 radical (unpaired) electrons. The first-order valence-corrected chi connectivity index (χ1v) is 8.24. The van der Waals surface area contributed by atoms with E-state index >= 15 is 0 Å². The van der Waals surface area contributed by atoms with Gasteiger partial charge in [0, 0.05) is 28.4 Å². The first kappa shape index (κ1) is 8.09. The minimum absolute atomic E-state index is 0.00628. The Bertz CT molecular complexity index is 948. The molecule has 2 heteroatoms. The largest absolute Gasteiger partial charge is 0.507 e. The number of allylic oxidation sites excluding steroid dienone is 2. The monoisotopic (exact) mass is 324 g/mol. The fraction of sp³-hybridized carbons (Fsp3) is 0.619. The maximum absolute atomic E-state index is 11.0. The van der Waals surface area contributed by atoms with Crippen molar-refractivity contribution in [3.8, 4) is 11.5 Å². The Labute approximate surface area is 154 Å². The van der Waals surface area contributed by atoms with Crippen LogP contribution in [-0.2, 0) is 6.37 Å². The zero-order valence-corrected chi connectivity index (χ0v) is 13.6. The fourth-order valence-corrected chi connectivity index (χ4v) is 3.42. The van der Waals surface area contributed by atoms with Crippen LogP contribution in [0, 0.1) is 5.92 Å². The van der Waals surface area contributed by atoms with Crippen molar-refractivity contribution in [3.05, 3.63) is 34.9 Å². The molecule has 0 saturated heterocycles. The summed E-state index contributed by atoms with van der Waals surface area (Å²) in [5.74, 6) is -3.01. The number of rotatable bonds is 4. The lowest BCUT2D eigenvalue weighted by Crippen LogP contribution is -2.45. The van der Waals surface area contributed by atoms with Crippen molar-refractivity contribution in [3.63, 3.8) is 0 Å².